The molecule has 1 fully saturated rings. The van der Waals surface area contributed by atoms with E-state index >= 15 is 0 Å². The molecule has 1 unspecified atom stereocenters. The maximum absolute atomic E-state index is 13.2. The van der Waals surface area contributed by atoms with Crippen molar-refractivity contribution in [2.45, 2.75) is 12.8 Å². The molecule has 3 aromatic heterocycles. The third kappa shape index (κ3) is 4.93. The van der Waals surface area contributed by atoms with E-state index in [1.807, 2.05) is 14.5 Å². The van der Waals surface area contributed by atoms with Crippen molar-refractivity contribution >= 4 is 69.8 Å². The lowest BCUT2D eigenvalue weighted by Crippen LogP contribution is -2.20. The highest BCUT2D eigenvalue weighted by Crippen LogP contribution is 2.33. The van der Waals surface area contributed by atoms with Crippen molar-refractivity contribution in [3.8, 4) is 11.4 Å². The first-order valence-corrected chi connectivity index (χ1v) is 13.4. The van der Waals surface area contributed by atoms with Crippen LogP contribution in [-0.2, 0) is 11.0 Å². The lowest BCUT2D eigenvalue weighted by Gasteiger charge is -2.07. The third-order valence-corrected chi connectivity index (χ3v) is 7.09. The maximum Gasteiger partial charge on any atom is 0.183 e. The summed E-state index contributed by atoms with van der Waals surface area (Å²) in [6.07, 6.45) is 8.62. The second-order valence-electron chi connectivity index (χ2n) is 5.95. The Morgan fingerprint density at radius 3 is 2.61 bits per heavy atom. The minimum absolute atomic E-state index is 0.187. The summed E-state index contributed by atoms with van der Waals surface area (Å²) in [4.78, 5) is 12.2. The van der Waals surface area contributed by atoms with Gasteiger partial charge in [-0.05, 0) is 18.9 Å². The first-order chi connectivity index (χ1) is 13.4. The van der Waals surface area contributed by atoms with Crippen molar-refractivity contribution in [1.29, 1.82) is 0 Å². The van der Waals surface area contributed by atoms with Gasteiger partial charge in [0.05, 0.1) is 22.2 Å². The molecule has 1 aliphatic rings. The van der Waals surface area contributed by atoms with Crippen LogP contribution in [0.2, 0.25) is 5.02 Å². The molecule has 1 atom stereocenters. The molecule has 3 aromatic rings. The van der Waals surface area contributed by atoms with Crippen LogP contribution in [0.4, 0.5) is 10.2 Å². The monoisotopic (exact) mass is 554 g/mol. The van der Waals surface area contributed by atoms with Crippen LogP contribution in [0.1, 0.15) is 12.8 Å². The number of hydrogen-bond acceptors (Lipinski definition) is 6. The standard InChI is InChI=1S/C11H6ClFIN5S.C5H11NOS/c12-5-1-6-7(4-19(20-14)11(6)17-2-5)10-16-3-8(13)9(15)18-10;1-8(7)6-4-2-3-5-6/h1-4H,(H2,15,16,18);2-5H2,1H3. The van der Waals surface area contributed by atoms with Crippen molar-refractivity contribution < 1.29 is 8.60 Å². The zero-order valence-electron chi connectivity index (χ0n) is 14.8. The summed E-state index contributed by atoms with van der Waals surface area (Å²) in [6.45, 7) is 2.06. The van der Waals surface area contributed by atoms with Crippen LogP contribution in [0.15, 0.2) is 24.7 Å². The third-order valence-electron chi connectivity index (χ3n) is 4.09. The highest BCUT2D eigenvalue weighted by molar-refractivity contribution is 14.2. The number of halogens is 3. The largest absolute Gasteiger partial charge is 0.381 e. The molecule has 1 aliphatic heterocycles. The van der Waals surface area contributed by atoms with Gasteiger partial charge in [-0.25, -0.2) is 27.9 Å². The van der Waals surface area contributed by atoms with Crippen molar-refractivity contribution in [2.24, 2.45) is 0 Å². The van der Waals surface area contributed by atoms with Crippen LogP contribution in [0.5, 0.6) is 0 Å². The number of nitrogens with zero attached hydrogens (tertiary/aromatic N) is 5. The molecule has 150 valence electrons. The molecule has 0 spiro atoms. The van der Waals surface area contributed by atoms with E-state index in [1.54, 1.807) is 18.5 Å². The lowest BCUT2D eigenvalue weighted by atomic mass is 10.2. The Bertz CT molecular complexity index is 1010. The van der Waals surface area contributed by atoms with Crippen LogP contribution in [-0.4, -0.2) is 46.8 Å². The number of rotatable bonds is 3. The normalized spacial score (nSPS) is 15.4. The molecule has 0 saturated carbocycles. The molecule has 28 heavy (non-hydrogen) atoms. The van der Waals surface area contributed by atoms with Crippen LogP contribution in [0.25, 0.3) is 22.4 Å². The zero-order chi connectivity index (χ0) is 20.3. The highest BCUT2D eigenvalue weighted by Gasteiger charge is 2.16. The Morgan fingerprint density at radius 1 is 1.32 bits per heavy atom. The number of pyridine rings is 1. The zero-order valence-corrected chi connectivity index (χ0v) is 19.4. The number of hydrogen-bond donors (Lipinski definition) is 1. The number of fused-ring (bicyclic) bond motifs is 1. The fourth-order valence-electron chi connectivity index (χ4n) is 2.74. The molecule has 0 aliphatic carbocycles. The Morgan fingerprint density at radius 2 is 2.04 bits per heavy atom. The number of aromatic nitrogens is 4. The van der Waals surface area contributed by atoms with Gasteiger partial charge in [0, 0.05) is 73.0 Å². The Labute approximate surface area is 185 Å². The van der Waals surface area contributed by atoms with Gasteiger partial charge in [0.2, 0.25) is 0 Å². The van der Waals surface area contributed by atoms with Crippen LogP contribution >= 0.6 is 41.9 Å². The van der Waals surface area contributed by atoms with Gasteiger partial charge in [0.15, 0.2) is 23.1 Å². The molecule has 2 N–H and O–H groups in total. The Kier molecular flexibility index (Phi) is 7.48. The average molecular weight is 555 g/mol. The first-order valence-electron chi connectivity index (χ1n) is 8.23. The minimum Gasteiger partial charge on any atom is -0.381 e. The van der Waals surface area contributed by atoms with Gasteiger partial charge in [0.1, 0.15) is 0 Å². The molecule has 0 aromatic carbocycles. The molecular formula is C16H17ClFIN6OS2. The van der Waals surface area contributed by atoms with Crippen molar-refractivity contribution in [2.75, 3.05) is 25.1 Å². The predicted molar refractivity (Wildman–Crippen MR) is 122 cm³/mol. The summed E-state index contributed by atoms with van der Waals surface area (Å²) in [5.74, 6) is -0.493. The molecule has 12 heteroatoms. The average Bonchev–Trinajstić information content (AvgIpc) is 3.32. The second kappa shape index (κ2) is 9.65. The highest BCUT2D eigenvalue weighted by atomic mass is 127. The van der Waals surface area contributed by atoms with Gasteiger partial charge in [-0.3, -0.25) is 3.97 Å². The summed E-state index contributed by atoms with van der Waals surface area (Å²) < 4.78 is 27.7. The van der Waals surface area contributed by atoms with Gasteiger partial charge in [-0.2, -0.15) is 0 Å². The summed E-state index contributed by atoms with van der Waals surface area (Å²) in [5, 5.41) is 1.29. The second-order valence-corrected chi connectivity index (χ2v) is 9.46. The predicted octanol–water partition coefficient (Wildman–Crippen LogP) is 4.09. The van der Waals surface area contributed by atoms with Crippen LogP contribution < -0.4 is 5.73 Å². The van der Waals surface area contributed by atoms with Gasteiger partial charge < -0.3 is 5.73 Å². The quantitative estimate of drug-likeness (QED) is 0.491. The van der Waals surface area contributed by atoms with E-state index < -0.39 is 16.8 Å². The van der Waals surface area contributed by atoms with E-state index in [9.17, 15) is 8.60 Å². The van der Waals surface area contributed by atoms with Gasteiger partial charge in [-0.15, -0.1) is 0 Å². The molecule has 1 saturated heterocycles. The van der Waals surface area contributed by atoms with Crippen molar-refractivity contribution in [3.05, 3.63) is 35.5 Å². The first kappa shape index (κ1) is 21.7. The fourth-order valence-corrected chi connectivity index (χ4v) is 4.93. The van der Waals surface area contributed by atoms with E-state index in [0.29, 0.717) is 16.4 Å². The molecular weight excluding hydrogens is 538 g/mol. The minimum atomic E-state index is -0.708. The van der Waals surface area contributed by atoms with Crippen molar-refractivity contribution in [3.63, 3.8) is 0 Å². The van der Waals surface area contributed by atoms with E-state index in [4.69, 9.17) is 17.3 Å². The van der Waals surface area contributed by atoms with E-state index in [2.05, 4.69) is 36.2 Å². The van der Waals surface area contributed by atoms with E-state index in [-0.39, 0.29) is 5.82 Å². The van der Waals surface area contributed by atoms with Crippen LogP contribution in [0.3, 0.4) is 0 Å². The lowest BCUT2D eigenvalue weighted by molar-refractivity contribution is 0.540. The Balaban J connectivity index is 0.000000236. The fraction of sp³-hybridized carbons (Fsp3) is 0.312. The number of nitrogen functional groups attached to an aromatic ring is 1. The Hall–Kier alpha value is -1.02. The van der Waals surface area contributed by atoms with E-state index in [0.717, 1.165) is 30.3 Å². The smallest absolute Gasteiger partial charge is 0.183 e. The van der Waals surface area contributed by atoms with Gasteiger partial charge in [0.25, 0.3) is 0 Å². The molecule has 4 heterocycles. The summed E-state index contributed by atoms with van der Waals surface area (Å²) >= 11 is 8.12. The van der Waals surface area contributed by atoms with Gasteiger partial charge in [-0.1, -0.05) is 11.6 Å². The summed E-state index contributed by atoms with van der Waals surface area (Å²) in [6, 6.07) is 1.77. The molecule has 0 bridgehead atoms. The summed E-state index contributed by atoms with van der Waals surface area (Å²) in [5.41, 5.74) is 6.92. The molecule has 0 radical (unpaired) electrons. The van der Waals surface area contributed by atoms with Crippen LogP contribution in [0, 0.1) is 5.82 Å². The maximum atomic E-state index is 13.2. The number of nitrogens with two attached hydrogens (primary N) is 1. The topological polar surface area (TPSA) is 89.9 Å². The summed E-state index contributed by atoms with van der Waals surface area (Å²) in [7, 11) is 0.740. The van der Waals surface area contributed by atoms with Gasteiger partial charge >= 0.3 is 0 Å². The molecule has 4 rings (SSSR count). The molecule has 0 amide bonds. The number of anilines is 1. The van der Waals surface area contributed by atoms with Crippen molar-refractivity contribution in [1.82, 2.24) is 23.2 Å². The molecule has 7 nitrogen and oxygen atoms in total. The SMILES string of the molecule is CS(=O)N1CCCC1.Nc1nc(-c2cn(SI)c3ncc(Cl)cc23)ncc1F. The van der Waals surface area contributed by atoms with E-state index in [1.165, 1.54) is 22.0 Å².